The average molecular weight is 837 g/mol. The van der Waals surface area contributed by atoms with Crippen LogP contribution < -0.4 is 10.4 Å². The third-order valence-corrected chi connectivity index (χ3v) is 16.7. The van der Waals surface area contributed by atoms with Gasteiger partial charge in [0.05, 0.1) is 23.3 Å². The van der Waals surface area contributed by atoms with Crippen LogP contribution in [0, 0.1) is 6.92 Å². The summed E-state index contributed by atoms with van der Waals surface area (Å²) < 4.78 is 33.7. The van der Waals surface area contributed by atoms with Gasteiger partial charge in [-0.05, 0) is 70.9 Å². The summed E-state index contributed by atoms with van der Waals surface area (Å²) in [6.45, 7) is 8.46. The van der Waals surface area contributed by atoms with E-state index in [-0.39, 0.29) is 17.7 Å². The van der Waals surface area contributed by atoms with Gasteiger partial charge < -0.3 is 23.4 Å². The second-order valence-corrected chi connectivity index (χ2v) is 21.1. The van der Waals surface area contributed by atoms with Crippen LogP contribution in [0.2, 0.25) is 5.04 Å². The minimum absolute atomic E-state index is 0.0658. The number of hydrogen-bond acceptors (Lipinski definition) is 9. The number of carbonyl (C=O) groups excluding carboxylic acids is 3. The van der Waals surface area contributed by atoms with Crippen molar-refractivity contribution in [3.63, 3.8) is 0 Å². The van der Waals surface area contributed by atoms with E-state index in [0.29, 0.717) is 5.56 Å². The monoisotopic (exact) mass is 836 g/mol. The molecule has 0 spiro atoms. The number of aryl methyl sites for hydroxylation is 1. The van der Waals surface area contributed by atoms with Crippen LogP contribution in [0.3, 0.4) is 0 Å². The molecule has 0 aliphatic carbocycles. The molecule has 0 amide bonds. The molecule has 5 atom stereocenters. The predicted octanol–water partition coefficient (Wildman–Crippen LogP) is 9.07. The standard InChI is InChI=1S/C50H48O8SSi/c1-35-30-32-39(33-31-35)59-49-45(58-48(53)38-24-14-7-15-25-38)44(57-47(52)37-22-12-6-13-23-37)43(56-46(51)36-20-10-5-11-21-36)42(55-49)34-54-60(50(2,3)4,40-26-16-8-17-27-40)41-28-18-9-19-29-41/h5-33,42-45,49H,34H2,1-4H3/t42-,43-,44+,45+,49-/m1/s1. The highest BCUT2D eigenvalue weighted by molar-refractivity contribution is 7.99. The molecule has 0 unspecified atom stereocenters. The SMILES string of the molecule is Cc1ccc(S[C@H]2O[C@H](CO[Si](c3ccccc3)(c3ccccc3)C(C)(C)C)[C@@H](OC(=O)c3ccccc3)[C@H](OC(=O)c3ccccc3)[C@@H]2OC(=O)c2ccccc2)cc1. The highest BCUT2D eigenvalue weighted by Crippen LogP contribution is 2.41. The molecule has 1 heterocycles. The van der Waals surface area contributed by atoms with Crippen molar-refractivity contribution in [2.45, 2.75) is 67.5 Å². The molecule has 1 fully saturated rings. The smallest absolute Gasteiger partial charge is 0.338 e. The summed E-state index contributed by atoms with van der Waals surface area (Å²) in [4.78, 5) is 43.2. The molecule has 6 aromatic rings. The van der Waals surface area contributed by atoms with Crippen LogP contribution in [-0.4, -0.2) is 62.7 Å². The van der Waals surface area contributed by atoms with E-state index in [2.05, 4.69) is 45.0 Å². The minimum atomic E-state index is -3.18. The molecule has 6 aromatic carbocycles. The third-order valence-electron chi connectivity index (χ3n) is 10.5. The number of rotatable bonds is 13. The Bertz CT molecular complexity index is 2280. The Morgan fingerprint density at radius 3 is 1.33 bits per heavy atom. The van der Waals surface area contributed by atoms with E-state index in [0.717, 1.165) is 20.8 Å². The maximum absolute atomic E-state index is 14.2. The number of ether oxygens (including phenoxy) is 4. The zero-order chi connectivity index (χ0) is 42.1. The summed E-state index contributed by atoms with van der Waals surface area (Å²) in [6.07, 6.45) is -4.91. The molecule has 0 saturated carbocycles. The number of thioether (sulfide) groups is 1. The molecule has 0 N–H and O–H groups in total. The fraction of sp³-hybridized carbons (Fsp3) is 0.220. The summed E-state index contributed by atoms with van der Waals surface area (Å²) in [5.41, 5.74) is 0.961. The van der Waals surface area contributed by atoms with Crippen LogP contribution in [0.4, 0.5) is 0 Å². The molecule has 306 valence electrons. The summed E-state index contributed by atoms with van der Waals surface area (Å²) in [6, 6.07) is 54.0. The van der Waals surface area contributed by atoms with Crippen molar-refractivity contribution in [2.24, 2.45) is 0 Å². The Morgan fingerprint density at radius 1 is 0.533 bits per heavy atom. The first-order chi connectivity index (χ1) is 29.0. The van der Waals surface area contributed by atoms with Crippen molar-refractivity contribution in [3.05, 3.63) is 198 Å². The van der Waals surface area contributed by atoms with Gasteiger partial charge in [0.25, 0.3) is 8.32 Å². The quantitative estimate of drug-likeness (QED) is 0.0642. The zero-order valence-electron chi connectivity index (χ0n) is 34.0. The number of hydrogen-bond donors (Lipinski definition) is 0. The van der Waals surface area contributed by atoms with Gasteiger partial charge in [0.15, 0.2) is 18.3 Å². The molecule has 1 aliphatic heterocycles. The van der Waals surface area contributed by atoms with Crippen LogP contribution in [0.15, 0.2) is 181 Å². The fourth-order valence-corrected chi connectivity index (χ4v) is 13.2. The van der Waals surface area contributed by atoms with Crippen LogP contribution in [-0.2, 0) is 23.4 Å². The fourth-order valence-electron chi connectivity index (χ4n) is 7.53. The molecule has 0 radical (unpaired) electrons. The Labute approximate surface area is 356 Å². The Hall–Kier alpha value is -5.78. The van der Waals surface area contributed by atoms with Crippen molar-refractivity contribution >= 4 is 48.4 Å². The number of benzene rings is 6. The van der Waals surface area contributed by atoms with Crippen molar-refractivity contribution in [1.82, 2.24) is 0 Å². The largest absolute Gasteiger partial charge is 0.452 e. The lowest BCUT2D eigenvalue weighted by molar-refractivity contribution is -0.206. The summed E-state index contributed by atoms with van der Waals surface area (Å²) >= 11 is 1.32. The molecule has 7 rings (SSSR count). The van der Waals surface area contributed by atoms with Crippen LogP contribution >= 0.6 is 11.8 Å². The number of esters is 3. The topological polar surface area (TPSA) is 97.4 Å². The first-order valence-electron chi connectivity index (χ1n) is 20.0. The van der Waals surface area contributed by atoms with Gasteiger partial charge in [-0.1, -0.05) is 165 Å². The average Bonchev–Trinajstić information content (AvgIpc) is 3.27. The van der Waals surface area contributed by atoms with Crippen molar-refractivity contribution in [3.8, 4) is 0 Å². The van der Waals surface area contributed by atoms with Gasteiger partial charge in [-0.2, -0.15) is 0 Å². The molecule has 60 heavy (non-hydrogen) atoms. The lowest BCUT2D eigenvalue weighted by Crippen LogP contribution is -2.68. The lowest BCUT2D eigenvalue weighted by atomic mass is 9.98. The Kier molecular flexibility index (Phi) is 13.5. The molecular weight excluding hydrogens is 789 g/mol. The molecule has 1 saturated heterocycles. The van der Waals surface area contributed by atoms with E-state index in [1.54, 1.807) is 91.0 Å². The van der Waals surface area contributed by atoms with Crippen molar-refractivity contribution in [2.75, 3.05) is 6.61 Å². The summed E-state index contributed by atoms with van der Waals surface area (Å²) in [5.74, 6) is -2.01. The molecule has 0 bridgehead atoms. The van der Waals surface area contributed by atoms with Gasteiger partial charge in [-0.3, -0.25) is 0 Å². The Balaban J connectivity index is 1.37. The van der Waals surface area contributed by atoms with Gasteiger partial charge in [-0.15, -0.1) is 0 Å². The molecule has 0 aromatic heterocycles. The van der Waals surface area contributed by atoms with Gasteiger partial charge >= 0.3 is 17.9 Å². The van der Waals surface area contributed by atoms with Gasteiger partial charge in [-0.25, -0.2) is 14.4 Å². The second-order valence-electron chi connectivity index (χ2n) is 15.7. The van der Waals surface area contributed by atoms with Gasteiger partial charge in [0.2, 0.25) is 0 Å². The number of carbonyl (C=O) groups is 3. The van der Waals surface area contributed by atoms with E-state index in [1.165, 1.54) is 11.8 Å². The molecule has 1 aliphatic rings. The van der Waals surface area contributed by atoms with Crippen molar-refractivity contribution < 1.29 is 37.8 Å². The summed E-state index contributed by atoms with van der Waals surface area (Å²) in [5, 5.41) is 1.69. The van der Waals surface area contributed by atoms with Gasteiger partial charge in [0, 0.05) is 4.90 Å². The lowest BCUT2D eigenvalue weighted by Gasteiger charge is -2.47. The maximum Gasteiger partial charge on any atom is 0.338 e. The van der Waals surface area contributed by atoms with E-state index in [1.807, 2.05) is 67.6 Å². The van der Waals surface area contributed by atoms with Crippen molar-refractivity contribution in [1.29, 1.82) is 0 Å². The molecule has 10 heteroatoms. The van der Waals surface area contributed by atoms with Crippen LogP contribution in [0.25, 0.3) is 0 Å². The van der Waals surface area contributed by atoms with E-state index >= 15 is 0 Å². The van der Waals surface area contributed by atoms with Gasteiger partial charge in [0.1, 0.15) is 11.5 Å². The minimum Gasteiger partial charge on any atom is -0.452 e. The van der Waals surface area contributed by atoms with Crippen LogP contribution in [0.5, 0.6) is 0 Å². The highest BCUT2D eigenvalue weighted by atomic mass is 32.2. The van der Waals surface area contributed by atoms with E-state index in [9.17, 15) is 14.4 Å². The van der Waals surface area contributed by atoms with Crippen LogP contribution in [0.1, 0.15) is 57.4 Å². The van der Waals surface area contributed by atoms with E-state index in [4.69, 9.17) is 23.4 Å². The molecule has 8 nitrogen and oxygen atoms in total. The molecular formula is C50H48O8SSi. The third kappa shape index (κ3) is 9.64. The Morgan fingerprint density at radius 2 is 0.917 bits per heavy atom. The zero-order valence-corrected chi connectivity index (χ0v) is 35.8. The predicted molar refractivity (Wildman–Crippen MR) is 236 cm³/mol. The summed E-state index contributed by atoms with van der Waals surface area (Å²) in [7, 11) is -3.18. The van der Waals surface area contributed by atoms with E-state index < -0.39 is 61.1 Å². The first kappa shape index (κ1) is 42.3. The second kappa shape index (κ2) is 19.1. The highest BCUT2D eigenvalue weighted by Gasteiger charge is 2.56. The normalized spacial score (nSPS) is 19.2. The first-order valence-corrected chi connectivity index (χ1v) is 22.7. The maximum atomic E-state index is 14.2.